The van der Waals surface area contributed by atoms with Crippen molar-refractivity contribution in [1.82, 2.24) is 5.32 Å². The smallest absolute Gasteiger partial charge is 0.329 e. The number of nitrogens with one attached hydrogen (secondary N) is 1. The first kappa shape index (κ1) is 18.3. The molecule has 1 heterocycles. The van der Waals surface area contributed by atoms with Gasteiger partial charge in [-0.3, -0.25) is 4.79 Å². The number of carboxylic acids is 1. The van der Waals surface area contributed by atoms with Crippen LogP contribution in [-0.2, 0) is 19.7 Å². The van der Waals surface area contributed by atoms with Crippen LogP contribution in [0.15, 0.2) is 24.3 Å². The number of rotatable bonds is 5. The van der Waals surface area contributed by atoms with Crippen molar-refractivity contribution in [3.63, 3.8) is 0 Å². The molecular weight excluding hydrogens is 310 g/mol. The fourth-order valence-electron chi connectivity index (χ4n) is 2.62. The predicted molar refractivity (Wildman–Crippen MR) is 89.2 cm³/mol. The summed E-state index contributed by atoms with van der Waals surface area (Å²) in [7, 11) is 0. The van der Waals surface area contributed by atoms with Gasteiger partial charge < -0.3 is 19.9 Å². The van der Waals surface area contributed by atoms with E-state index in [1.54, 1.807) is 0 Å². The molecule has 1 aliphatic heterocycles. The van der Waals surface area contributed by atoms with E-state index in [9.17, 15) is 14.7 Å². The summed E-state index contributed by atoms with van der Waals surface area (Å²) in [6.45, 7) is 6.79. The van der Waals surface area contributed by atoms with Crippen molar-refractivity contribution in [3.05, 3.63) is 29.8 Å². The van der Waals surface area contributed by atoms with Crippen molar-refractivity contribution < 1.29 is 24.2 Å². The molecule has 2 rings (SSSR count). The van der Waals surface area contributed by atoms with E-state index in [0.29, 0.717) is 19.0 Å². The summed E-state index contributed by atoms with van der Waals surface area (Å²) in [6, 6.07) is 7.56. The summed E-state index contributed by atoms with van der Waals surface area (Å²) >= 11 is 0. The SMILES string of the molecule is CC(C)(C)c1ccc(OCC(=O)NC2(C(=O)O)CCOCC2)cc1. The highest BCUT2D eigenvalue weighted by Crippen LogP contribution is 2.24. The molecule has 1 aliphatic rings. The van der Waals surface area contributed by atoms with Gasteiger partial charge in [-0.05, 0) is 23.1 Å². The second kappa shape index (κ2) is 7.21. The molecule has 6 heteroatoms. The molecular formula is C18H25NO5. The number of ether oxygens (including phenoxy) is 2. The predicted octanol–water partition coefficient (Wildman–Crippen LogP) is 2.11. The van der Waals surface area contributed by atoms with Crippen LogP contribution in [0.3, 0.4) is 0 Å². The molecule has 2 N–H and O–H groups in total. The molecule has 0 aliphatic carbocycles. The first-order chi connectivity index (χ1) is 11.2. The van der Waals surface area contributed by atoms with E-state index in [0.717, 1.165) is 0 Å². The number of hydrogen-bond acceptors (Lipinski definition) is 4. The van der Waals surface area contributed by atoms with Gasteiger partial charge in [0.1, 0.15) is 11.3 Å². The lowest BCUT2D eigenvalue weighted by Crippen LogP contribution is -2.58. The van der Waals surface area contributed by atoms with Crippen LogP contribution >= 0.6 is 0 Å². The Morgan fingerprint density at radius 3 is 2.29 bits per heavy atom. The number of carboxylic acid groups (broad SMARTS) is 1. The minimum absolute atomic E-state index is 0.0484. The van der Waals surface area contributed by atoms with Crippen molar-refractivity contribution >= 4 is 11.9 Å². The zero-order valence-corrected chi connectivity index (χ0v) is 14.4. The highest BCUT2D eigenvalue weighted by atomic mass is 16.5. The Balaban J connectivity index is 1.91. The van der Waals surface area contributed by atoms with Crippen LogP contribution < -0.4 is 10.1 Å². The molecule has 1 fully saturated rings. The summed E-state index contributed by atoms with van der Waals surface area (Å²) in [5.41, 5.74) is -0.0342. The maximum atomic E-state index is 12.1. The van der Waals surface area contributed by atoms with E-state index in [2.05, 4.69) is 26.1 Å². The number of aliphatic carboxylic acids is 1. The monoisotopic (exact) mass is 335 g/mol. The number of carbonyl (C=O) groups excluding carboxylic acids is 1. The highest BCUT2D eigenvalue weighted by Gasteiger charge is 2.41. The normalized spacial score (nSPS) is 17.1. The third-order valence-electron chi connectivity index (χ3n) is 4.22. The molecule has 1 aromatic carbocycles. The Hall–Kier alpha value is -2.08. The fraction of sp³-hybridized carbons (Fsp3) is 0.556. The average molecular weight is 335 g/mol. The zero-order chi connectivity index (χ0) is 17.8. The molecule has 0 saturated carbocycles. The number of hydrogen-bond donors (Lipinski definition) is 2. The largest absolute Gasteiger partial charge is 0.484 e. The second-order valence-electron chi connectivity index (χ2n) is 7.11. The van der Waals surface area contributed by atoms with Gasteiger partial charge in [0.25, 0.3) is 5.91 Å². The summed E-state index contributed by atoms with van der Waals surface area (Å²) in [6.07, 6.45) is 0.517. The molecule has 0 bridgehead atoms. The van der Waals surface area contributed by atoms with Crippen molar-refractivity contribution in [1.29, 1.82) is 0 Å². The lowest BCUT2D eigenvalue weighted by Gasteiger charge is -2.33. The maximum absolute atomic E-state index is 12.1. The number of amides is 1. The van der Waals surface area contributed by atoms with Crippen molar-refractivity contribution in [2.45, 2.75) is 44.6 Å². The fourth-order valence-corrected chi connectivity index (χ4v) is 2.62. The molecule has 1 saturated heterocycles. The second-order valence-corrected chi connectivity index (χ2v) is 7.11. The molecule has 24 heavy (non-hydrogen) atoms. The zero-order valence-electron chi connectivity index (χ0n) is 14.4. The van der Waals surface area contributed by atoms with Gasteiger partial charge in [0.15, 0.2) is 6.61 Å². The molecule has 0 spiro atoms. The highest BCUT2D eigenvalue weighted by molar-refractivity contribution is 5.87. The minimum atomic E-state index is -1.26. The quantitative estimate of drug-likeness (QED) is 0.861. The van der Waals surface area contributed by atoms with Gasteiger partial charge in [0.2, 0.25) is 0 Å². The lowest BCUT2D eigenvalue weighted by molar-refractivity contribution is -0.152. The van der Waals surface area contributed by atoms with Gasteiger partial charge in [-0.1, -0.05) is 32.9 Å². The summed E-state index contributed by atoms with van der Waals surface area (Å²) in [5.74, 6) is -0.901. The van der Waals surface area contributed by atoms with Crippen LogP contribution in [0.2, 0.25) is 0 Å². The van der Waals surface area contributed by atoms with E-state index < -0.39 is 17.4 Å². The molecule has 0 atom stereocenters. The molecule has 132 valence electrons. The maximum Gasteiger partial charge on any atom is 0.329 e. The Morgan fingerprint density at radius 2 is 1.79 bits per heavy atom. The topological polar surface area (TPSA) is 84.9 Å². The summed E-state index contributed by atoms with van der Waals surface area (Å²) in [4.78, 5) is 23.6. The average Bonchev–Trinajstić information content (AvgIpc) is 2.53. The third kappa shape index (κ3) is 4.47. The summed E-state index contributed by atoms with van der Waals surface area (Å²) < 4.78 is 10.6. The van der Waals surface area contributed by atoms with Crippen LogP contribution in [0.4, 0.5) is 0 Å². The number of benzene rings is 1. The lowest BCUT2D eigenvalue weighted by atomic mass is 9.87. The molecule has 0 radical (unpaired) electrons. The van der Waals surface area contributed by atoms with E-state index in [1.165, 1.54) is 5.56 Å². The molecule has 0 aromatic heterocycles. The Morgan fingerprint density at radius 1 is 1.21 bits per heavy atom. The Kier molecular flexibility index (Phi) is 5.49. The van der Waals surface area contributed by atoms with Gasteiger partial charge >= 0.3 is 5.97 Å². The van der Waals surface area contributed by atoms with Crippen LogP contribution in [0.1, 0.15) is 39.2 Å². The van der Waals surface area contributed by atoms with E-state index in [1.807, 2.05) is 24.3 Å². The molecule has 6 nitrogen and oxygen atoms in total. The van der Waals surface area contributed by atoms with Crippen molar-refractivity contribution in [2.75, 3.05) is 19.8 Å². The third-order valence-corrected chi connectivity index (χ3v) is 4.22. The van der Waals surface area contributed by atoms with Crippen LogP contribution in [0.25, 0.3) is 0 Å². The van der Waals surface area contributed by atoms with Gasteiger partial charge in [-0.15, -0.1) is 0 Å². The molecule has 0 unspecified atom stereocenters. The number of carbonyl (C=O) groups is 2. The van der Waals surface area contributed by atoms with Crippen molar-refractivity contribution in [2.24, 2.45) is 0 Å². The van der Waals surface area contributed by atoms with Gasteiger partial charge in [-0.25, -0.2) is 4.79 Å². The van der Waals surface area contributed by atoms with Crippen molar-refractivity contribution in [3.8, 4) is 5.75 Å². The van der Waals surface area contributed by atoms with E-state index >= 15 is 0 Å². The Bertz CT molecular complexity index is 582. The Labute approximate surface area is 142 Å². The van der Waals surface area contributed by atoms with Gasteiger partial charge in [-0.2, -0.15) is 0 Å². The molecule has 1 aromatic rings. The standard InChI is InChI=1S/C18H25NO5/c1-17(2,3)13-4-6-14(7-5-13)24-12-15(20)19-18(16(21)22)8-10-23-11-9-18/h4-7H,8-12H2,1-3H3,(H,19,20)(H,21,22). The first-order valence-corrected chi connectivity index (χ1v) is 8.08. The van der Waals surface area contributed by atoms with Gasteiger partial charge in [0.05, 0.1) is 0 Å². The van der Waals surface area contributed by atoms with E-state index in [-0.39, 0.29) is 24.9 Å². The van der Waals surface area contributed by atoms with Crippen LogP contribution in [0, 0.1) is 0 Å². The van der Waals surface area contributed by atoms with E-state index in [4.69, 9.17) is 9.47 Å². The van der Waals surface area contributed by atoms with Gasteiger partial charge in [0, 0.05) is 26.1 Å². The minimum Gasteiger partial charge on any atom is -0.484 e. The first-order valence-electron chi connectivity index (χ1n) is 8.08. The molecule has 1 amide bonds. The summed E-state index contributed by atoms with van der Waals surface area (Å²) in [5, 5.41) is 12.0. The van der Waals surface area contributed by atoms with Crippen LogP contribution in [0.5, 0.6) is 5.75 Å². The van der Waals surface area contributed by atoms with Crippen LogP contribution in [-0.4, -0.2) is 42.3 Å².